The van der Waals surface area contributed by atoms with Crippen LogP contribution in [0.5, 0.6) is 0 Å². The summed E-state index contributed by atoms with van der Waals surface area (Å²) in [7, 11) is -1.18. The molecule has 102 valence electrons. The van der Waals surface area contributed by atoms with E-state index in [9.17, 15) is 8.42 Å². The molecule has 0 unspecified atom stereocenters. The van der Waals surface area contributed by atoms with Gasteiger partial charge in [0.1, 0.15) is 0 Å². The lowest BCUT2D eigenvalue weighted by atomic mass is 10.2. The third-order valence-electron chi connectivity index (χ3n) is 2.76. The van der Waals surface area contributed by atoms with Gasteiger partial charge in [-0.15, -0.1) is 0 Å². The highest BCUT2D eigenvalue weighted by molar-refractivity contribution is 7.90. The predicted molar refractivity (Wildman–Crippen MR) is 76.0 cm³/mol. The van der Waals surface area contributed by atoms with Gasteiger partial charge in [-0.2, -0.15) is 0 Å². The van der Waals surface area contributed by atoms with Gasteiger partial charge in [0.25, 0.3) is 0 Å². The van der Waals surface area contributed by atoms with Crippen LogP contribution < -0.4 is 10.2 Å². The van der Waals surface area contributed by atoms with Crippen LogP contribution in [0.2, 0.25) is 0 Å². The minimum atomic E-state index is -3.11. The van der Waals surface area contributed by atoms with Crippen molar-refractivity contribution in [2.24, 2.45) is 0 Å². The van der Waals surface area contributed by atoms with Crippen molar-refractivity contribution in [2.45, 2.75) is 18.2 Å². The number of benzene rings is 1. The number of sulfone groups is 1. The van der Waals surface area contributed by atoms with E-state index in [1.165, 1.54) is 6.26 Å². The second kappa shape index (κ2) is 6.75. The fraction of sp³-hybridized carbons (Fsp3) is 0.538. The van der Waals surface area contributed by atoms with Crippen LogP contribution in [0.15, 0.2) is 29.2 Å². The number of hydrogen-bond acceptors (Lipinski definition) is 4. The zero-order chi connectivity index (χ0) is 13.6. The van der Waals surface area contributed by atoms with E-state index < -0.39 is 9.84 Å². The van der Waals surface area contributed by atoms with Crippen molar-refractivity contribution in [1.82, 2.24) is 5.32 Å². The Morgan fingerprint density at radius 2 is 1.78 bits per heavy atom. The summed E-state index contributed by atoms with van der Waals surface area (Å²) >= 11 is 0. The lowest BCUT2D eigenvalue weighted by Crippen LogP contribution is -2.31. The molecule has 5 heteroatoms. The molecule has 0 radical (unpaired) electrons. The Balaban J connectivity index is 2.86. The van der Waals surface area contributed by atoms with Gasteiger partial charge in [-0.25, -0.2) is 8.42 Å². The van der Waals surface area contributed by atoms with E-state index in [0.29, 0.717) is 4.90 Å². The van der Waals surface area contributed by atoms with E-state index in [-0.39, 0.29) is 0 Å². The number of nitrogens with one attached hydrogen (secondary N) is 1. The first kappa shape index (κ1) is 15.0. The smallest absolute Gasteiger partial charge is 0.175 e. The van der Waals surface area contributed by atoms with Gasteiger partial charge in [0.05, 0.1) is 4.90 Å². The van der Waals surface area contributed by atoms with Crippen LogP contribution >= 0.6 is 0 Å². The lowest BCUT2D eigenvalue weighted by Gasteiger charge is -2.24. The van der Waals surface area contributed by atoms with E-state index in [1.807, 2.05) is 19.2 Å². The number of anilines is 1. The summed E-state index contributed by atoms with van der Waals surface area (Å²) in [5.41, 5.74) is 1.07. The predicted octanol–water partition coefficient (Wildman–Crippen LogP) is 1.53. The molecule has 0 aliphatic carbocycles. The van der Waals surface area contributed by atoms with Gasteiger partial charge in [0.15, 0.2) is 9.84 Å². The summed E-state index contributed by atoms with van der Waals surface area (Å²) in [6, 6.07) is 7.10. The minimum absolute atomic E-state index is 0.372. The van der Waals surface area contributed by atoms with Crippen molar-refractivity contribution in [3.8, 4) is 0 Å². The highest BCUT2D eigenvalue weighted by Crippen LogP contribution is 2.18. The molecule has 0 amide bonds. The maximum Gasteiger partial charge on any atom is 0.175 e. The highest BCUT2D eigenvalue weighted by Gasteiger charge is 2.09. The molecule has 0 saturated heterocycles. The Morgan fingerprint density at radius 3 is 2.22 bits per heavy atom. The van der Waals surface area contributed by atoms with Crippen LogP contribution in [0.3, 0.4) is 0 Å². The quantitative estimate of drug-likeness (QED) is 0.816. The second-order valence-corrected chi connectivity index (χ2v) is 6.37. The molecule has 18 heavy (non-hydrogen) atoms. The molecule has 0 aromatic heterocycles. The third kappa shape index (κ3) is 4.31. The molecule has 0 atom stereocenters. The van der Waals surface area contributed by atoms with Gasteiger partial charge in [-0.3, -0.25) is 0 Å². The number of rotatable bonds is 7. The molecule has 0 bridgehead atoms. The number of nitrogens with zero attached hydrogens (tertiary/aromatic N) is 1. The van der Waals surface area contributed by atoms with Crippen molar-refractivity contribution in [3.63, 3.8) is 0 Å². The first-order valence-corrected chi connectivity index (χ1v) is 8.08. The number of likely N-dealkylation sites (N-methyl/N-ethyl adjacent to an activating group) is 1. The summed E-state index contributed by atoms with van der Waals surface area (Å²) < 4.78 is 22.8. The van der Waals surface area contributed by atoms with Crippen LogP contribution in [-0.2, 0) is 9.84 Å². The maximum atomic E-state index is 11.4. The van der Waals surface area contributed by atoms with E-state index in [0.717, 1.165) is 31.7 Å². The van der Waals surface area contributed by atoms with E-state index in [4.69, 9.17) is 0 Å². The van der Waals surface area contributed by atoms with Gasteiger partial charge < -0.3 is 10.2 Å². The van der Waals surface area contributed by atoms with Crippen LogP contribution in [0.4, 0.5) is 5.69 Å². The van der Waals surface area contributed by atoms with Crippen molar-refractivity contribution in [2.75, 3.05) is 37.8 Å². The largest absolute Gasteiger partial charge is 0.370 e. The molecule has 1 N–H and O–H groups in total. The molecule has 1 rings (SSSR count). The van der Waals surface area contributed by atoms with E-state index >= 15 is 0 Å². The first-order chi connectivity index (χ1) is 8.49. The average Bonchev–Trinajstić information content (AvgIpc) is 2.33. The van der Waals surface area contributed by atoms with Gasteiger partial charge in [-0.05, 0) is 37.7 Å². The summed E-state index contributed by atoms with van der Waals surface area (Å²) in [6.07, 6.45) is 2.30. The Kier molecular flexibility index (Phi) is 5.62. The Morgan fingerprint density at radius 1 is 1.17 bits per heavy atom. The van der Waals surface area contributed by atoms with Crippen molar-refractivity contribution in [3.05, 3.63) is 24.3 Å². The first-order valence-electron chi connectivity index (χ1n) is 6.18. The van der Waals surface area contributed by atoms with Crippen LogP contribution in [0.25, 0.3) is 0 Å². The average molecular weight is 270 g/mol. The fourth-order valence-corrected chi connectivity index (χ4v) is 2.42. The lowest BCUT2D eigenvalue weighted by molar-refractivity contribution is 0.602. The van der Waals surface area contributed by atoms with Gasteiger partial charge in [-0.1, -0.05) is 6.92 Å². The van der Waals surface area contributed by atoms with Crippen molar-refractivity contribution < 1.29 is 8.42 Å². The normalized spacial score (nSPS) is 11.5. The van der Waals surface area contributed by atoms with Gasteiger partial charge in [0.2, 0.25) is 0 Å². The monoisotopic (exact) mass is 270 g/mol. The van der Waals surface area contributed by atoms with Crippen molar-refractivity contribution in [1.29, 1.82) is 0 Å². The van der Waals surface area contributed by atoms with E-state index in [2.05, 4.69) is 17.1 Å². The molecule has 4 nitrogen and oxygen atoms in total. The van der Waals surface area contributed by atoms with E-state index in [1.54, 1.807) is 12.1 Å². The molecular weight excluding hydrogens is 248 g/mol. The van der Waals surface area contributed by atoms with Crippen LogP contribution in [-0.4, -0.2) is 41.4 Å². The number of hydrogen-bond donors (Lipinski definition) is 1. The Hall–Kier alpha value is -1.07. The SMILES string of the molecule is CCCN(CCNC)c1ccc(S(C)(=O)=O)cc1. The van der Waals surface area contributed by atoms with Gasteiger partial charge in [0, 0.05) is 31.6 Å². The Bertz CT molecular complexity index is 454. The summed E-state index contributed by atoms with van der Waals surface area (Å²) in [4.78, 5) is 2.62. The molecule has 0 heterocycles. The zero-order valence-corrected chi connectivity index (χ0v) is 12.1. The van der Waals surface area contributed by atoms with Crippen molar-refractivity contribution >= 4 is 15.5 Å². The summed E-state index contributed by atoms with van der Waals surface area (Å²) in [5, 5.41) is 3.12. The summed E-state index contributed by atoms with van der Waals surface area (Å²) in [5.74, 6) is 0. The summed E-state index contributed by atoms with van der Waals surface area (Å²) in [6.45, 7) is 4.94. The molecule has 1 aromatic carbocycles. The molecule has 0 saturated carbocycles. The third-order valence-corrected chi connectivity index (χ3v) is 3.88. The highest BCUT2D eigenvalue weighted by atomic mass is 32.2. The molecular formula is C13H22N2O2S. The Labute approximate surface area is 110 Å². The van der Waals surface area contributed by atoms with Crippen LogP contribution in [0.1, 0.15) is 13.3 Å². The van der Waals surface area contributed by atoms with Gasteiger partial charge >= 0.3 is 0 Å². The van der Waals surface area contributed by atoms with Crippen LogP contribution in [0, 0.1) is 0 Å². The molecule has 0 aliphatic rings. The zero-order valence-electron chi connectivity index (χ0n) is 11.3. The second-order valence-electron chi connectivity index (χ2n) is 4.36. The maximum absolute atomic E-state index is 11.4. The molecule has 0 spiro atoms. The molecule has 0 fully saturated rings. The standard InChI is InChI=1S/C13H22N2O2S/c1-4-10-15(11-9-14-2)12-5-7-13(8-6-12)18(3,16)17/h5-8,14H,4,9-11H2,1-3H3. The minimum Gasteiger partial charge on any atom is -0.370 e. The molecule has 0 aliphatic heterocycles. The molecule has 1 aromatic rings. The topological polar surface area (TPSA) is 49.4 Å². The fourth-order valence-electron chi connectivity index (χ4n) is 1.79.